The topological polar surface area (TPSA) is 129 Å². The van der Waals surface area contributed by atoms with Gasteiger partial charge in [-0.05, 0) is 18.2 Å². The van der Waals surface area contributed by atoms with Crippen LogP contribution in [-0.2, 0) is 10.1 Å². The van der Waals surface area contributed by atoms with Crippen LogP contribution in [0.1, 0.15) is 20.7 Å². The van der Waals surface area contributed by atoms with Gasteiger partial charge < -0.3 is 25.1 Å². The number of hydrogen-bond donors (Lipinski definition) is 3. The van der Waals surface area contributed by atoms with Crippen molar-refractivity contribution >= 4 is 45.1 Å². The molecule has 19 heavy (non-hydrogen) atoms. The molecule has 1 rings (SSSR count). The van der Waals surface area contributed by atoms with Crippen molar-refractivity contribution in [2.45, 2.75) is 4.90 Å². The largest absolute Gasteiger partial charge is 2.00 e. The first kappa shape index (κ1) is 23.0. The van der Waals surface area contributed by atoms with Crippen molar-refractivity contribution in [1.82, 2.24) is 0 Å². The van der Waals surface area contributed by atoms with Crippen molar-refractivity contribution in [1.29, 1.82) is 0 Å². The van der Waals surface area contributed by atoms with Gasteiger partial charge in [-0.2, -0.15) is 8.42 Å². The summed E-state index contributed by atoms with van der Waals surface area (Å²) in [4.78, 5) is 20.6. The third-order valence-corrected chi connectivity index (χ3v) is 2.60. The summed E-state index contributed by atoms with van der Waals surface area (Å²) in [5, 5.41) is 17.3. The molecule has 1 aromatic rings. The molecule has 0 spiro atoms. The molecular weight excluding hydrogens is 288 g/mol. The van der Waals surface area contributed by atoms with Crippen LogP contribution in [0.5, 0.6) is 0 Å². The molecule has 7 nitrogen and oxygen atoms in total. The number of rotatable bonds is 3. The van der Waals surface area contributed by atoms with Gasteiger partial charge in [0.05, 0.1) is 16.0 Å². The first-order chi connectivity index (χ1) is 7.23. The summed E-state index contributed by atoms with van der Waals surface area (Å²) < 4.78 is 30.1. The molecular formula is C10H12MgO7S. The van der Waals surface area contributed by atoms with Crippen LogP contribution < -0.4 is 0 Å². The summed E-state index contributed by atoms with van der Waals surface area (Å²) in [6.45, 7) is 0. The van der Waals surface area contributed by atoms with Gasteiger partial charge in [0.1, 0.15) is 0 Å². The van der Waals surface area contributed by atoms with Gasteiger partial charge in [0.15, 0.2) is 0 Å². The zero-order valence-corrected chi connectivity index (χ0v) is 12.6. The van der Waals surface area contributed by atoms with E-state index in [1.807, 2.05) is 0 Å². The third kappa shape index (κ3) is 5.55. The number of hydrogen-bond acceptors (Lipinski definition) is 4. The molecule has 0 aromatic heterocycles. The van der Waals surface area contributed by atoms with E-state index in [0.29, 0.717) is 6.07 Å². The molecule has 0 saturated heterocycles. The molecule has 9 heteroatoms. The third-order valence-electron chi connectivity index (χ3n) is 1.75. The van der Waals surface area contributed by atoms with E-state index in [1.165, 1.54) is 0 Å². The maximum Gasteiger partial charge on any atom is 2.00 e. The van der Waals surface area contributed by atoms with E-state index < -0.39 is 38.1 Å². The molecule has 1 aromatic carbocycles. The molecule has 0 fully saturated rings. The molecule has 0 bridgehead atoms. The summed E-state index contributed by atoms with van der Waals surface area (Å²) in [6, 6.07) is 2.20. The van der Waals surface area contributed by atoms with E-state index in [4.69, 9.17) is 14.8 Å². The quantitative estimate of drug-likeness (QED) is 0.428. The zero-order chi connectivity index (χ0) is 12.5. The number of carbonyl (C=O) groups is 2. The summed E-state index contributed by atoms with van der Waals surface area (Å²) >= 11 is 0. The second-order valence-electron chi connectivity index (χ2n) is 2.79. The van der Waals surface area contributed by atoms with E-state index in [9.17, 15) is 18.0 Å². The van der Waals surface area contributed by atoms with Gasteiger partial charge in [-0.25, -0.2) is 9.59 Å². The Kier molecular flexibility index (Phi) is 9.79. The van der Waals surface area contributed by atoms with Gasteiger partial charge in [0, 0.05) is 0 Å². The van der Waals surface area contributed by atoms with E-state index in [2.05, 4.69) is 0 Å². The summed E-state index contributed by atoms with van der Waals surface area (Å²) in [5.41, 5.74) is -1.26. The van der Waals surface area contributed by atoms with E-state index in [1.54, 1.807) is 0 Å². The summed E-state index contributed by atoms with van der Waals surface area (Å²) in [7, 11) is -4.56. The first-order valence-corrected chi connectivity index (χ1v) is 5.25. The van der Waals surface area contributed by atoms with Crippen LogP contribution in [0.4, 0.5) is 0 Å². The van der Waals surface area contributed by atoms with Gasteiger partial charge in [0.25, 0.3) is 10.1 Å². The Hall–Kier alpha value is -1.16. The van der Waals surface area contributed by atoms with Crippen LogP contribution in [0.25, 0.3) is 0 Å². The smallest absolute Gasteiger partial charge is 0.478 e. The molecule has 0 radical (unpaired) electrons. The molecule has 0 saturated carbocycles. The van der Waals surface area contributed by atoms with Crippen LogP contribution in [-0.4, -0.2) is 58.2 Å². The first-order valence-electron chi connectivity index (χ1n) is 3.81. The minimum absolute atomic E-state index is 0. The van der Waals surface area contributed by atoms with Gasteiger partial charge >= 0.3 is 35.0 Å². The average molecular weight is 301 g/mol. The number of carboxylic acids is 2. The second kappa shape index (κ2) is 8.10. The molecule has 0 unspecified atom stereocenters. The molecule has 0 aliphatic carbocycles. The summed E-state index contributed by atoms with van der Waals surface area (Å²) in [6.07, 6.45) is 0. The van der Waals surface area contributed by atoms with E-state index in [-0.39, 0.29) is 37.9 Å². The van der Waals surface area contributed by atoms with Crippen LogP contribution in [0.15, 0.2) is 23.1 Å². The SMILES string of the molecule is O=C(O)c1ccc(S(=O)(=O)O)cc1C(=O)O.[CH3-].[CH3-].[Mg+2]. The van der Waals surface area contributed by atoms with Crippen molar-refractivity contribution in [3.8, 4) is 0 Å². The van der Waals surface area contributed by atoms with Gasteiger partial charge in [-0.15, -0.1) is 0 Å². The Morgan fingerprint density at radius 1 is 0.947 bits per heavy atom. The van der Waals surface area contributed by atoms with Crippen molar-refractivity contribution in [3.05, 3.63) is 44.2 Å². The van der Waals surface area contributed by atoms with Gasteiger partial charge in [-0.3, -0.25) is 4.55 Å². The maximum absolute atomic E-state index is 10.7. The normalized spacial score (nSPS) is 9.32. The van der Waals surface area contributed by atoms with Crippen LogP contribution in [0.2, 0.25) is 0 Å². The fourth-order valence-corrected chi connectivity index (χ4v) is 1.55. The Balaban J connectivity index is -0.000000853. The van der Waals surface area contributed by atoms with E-state index in [0.717, 1.165) is 12.1 Å². The monoisotopic (exact) mass is 300 g/mol. The molecule has 0 aliphatic rings. The van der Waals surface area contributed by atoms with Gasteiger partial charge in [-0.1, -0.05) is 0 Å². The van der Waals surface area contributed by atoms with Crippen LogP contribution >= 0.6 is 0 Å². The fraction of sp³-hybridized carbons (Fsp3) is 0. The van der Waals surface area contributed by atoms with Gasteiger partial charge in [0.2, 0.25) is 0 Å². The standard InChI is InChI=1S/C8H6O7S.2CH3.Mg/c9-7(10)5-2-1-4(16(13,14)15)3-6(5)8(11)12;;;/h1-3H,(H,9,10)(H,11,12)(H,13,14,15);2*1H3;/q;2*-1;+2. The molecule has 0 aliphatic heterocycles. The van der Waals surface area contributed by atoms with E-state index >= 15 is 0 Å². The molecule has 0 heterocycles. The van der Waals surface area contributed by atoms with Crippen molar-refractivity contribution in [2.75, 3.05) is 0 Å². The number of carboxylic acid groups (broad SMARTS) is 2. The van der Waals surface area contributed by atoms with Crippen molar-refractivity contribution < 1.29 is 32.8 Å². The summed E-state index contributed by atoms with van der Waals surface area (Å²) in [5.74, 6) is -3.10. The van der Waals surface area contributed by atoms with Crippen molar-refractivity contribution in [2.24, 2.45) is 0 Å². The Morgan fingerprint density at radius 3 is 1.68 bits per heavy atom. The van der Waals surface area contributed by atoms with Crippen molar-refractivity contribution in [3.63, 3.8) is 0 Å². The molecule has 102 valence electrons. The number of benzene rings is 1. The molecule has 0 atom stereocenters. The Bertz CT molecular complexity index is 565. The average Bonchev–Trinajstić information content (AvgIpc) is 2.15. The molecule has 0 amide bonds. The van der Waals surface area contributed by atoms with Crippen LogP contribution in [0.3, 0.4) is 0 Å². The fourth-order valence-electron chi connectivity index (χ4n) is 1.05. The number of aromatic carboxylic acids is 2. The zero-order valence-electron chi connectivity index (χ0n) is 10.3. The molecule has 3 N–H and O–H groups in total. The predicted molar refractivity (Wildman–Crippen MR) is 68.8 cm³/mol. The van der Waals surface area contributed by atoms with Crippen LogP contribution in [0, 0.1) is 14.9 Å². The Morgan fingerprint density at radius 2 is 1.37 bits per heavy atom. The minimum Gasteiger partial charge on any atom is -0.478 e. The Labute approximate surface area is 127 Å². The minimum atomic E-state index is -4.56. The predicted octanol–water partition coefficient (Wildman–Crippen LogP) is 0.849. The maximum atomic E-state index is 10.7. The second-order valence-corrected chi connectivity index (χ2v) is 4.21.